The molecule has 1 aromatic carbocycles. The summed E-state index contributed by atoms with van der Waals surface area (Å²) in [5.41, 5.74) is 3.07. The van der Waals surface area contributed by atoms with Gasteiger partial charge in [-0.25, -0.2) is 5.84 Å². The number of nitrogens with two attached hydrogens (primary N) is 1. The van der Waals surface area contributed by atoms with Crippen molar-refractivity contribution in [2.75, 3.05) is 13.6 Å². The quantitative estimate of drug-likeness (QED) is 0.610. The van der Waals surface area contributed by atoms with Gasteiger partial charge < -0.3 is 9.74 Å². The van der Waals surface area contributed by atoms with Crippen molar-refractivity contribution in [3.63, 3.8) is 0 Å². The van der Waals surface area contributed by atoms with E-state index in [4.69, 9.17) is 5.84 Å². The first-order valence-corrected chi connectivity index (χ1v) is 5.99. The maximum atomic E-state index is 11.0. The van der Waals surface area contributed by atoms with Crippen LogP contribution in [0.15, 0.2) is 28.7 Å². The molecule has 0 aromatic heterocycles. The van der Waals surface area contributed by atoms with Crippen molar-refractivity contribution in [3.05, 3.63) is 34.3 Å². The van der Waals surface area contributed by atoms with Crippen LogP contribution in [-0.2, 0) is 16.2 Å². The third-order valence-corrected chi connectivity index (χ3v) is 2.76. The molecule has 1 aromatic rings. The van der Waals surface area contributed by atoms with Crippen LogP contribution in [0.2, 0.25) is 0 Å². The van der Waals surface area contributed by atoms with E-state index in [1.54, 1.807) is 0 Å². The predicted octanol–water partition coefficient (Wildman–Crippen LogP) is 1.19. The Kier molecular flexibility index (Phi) is 6.13. The summed E-state index contributed by atoms with van der Waals surface area (Å²) < 4.78 is 1.06. The fourth-order valence-corrected chi connectivity index (χ4v) is 1.64. The molecule has 0 spiro atoms. The zero-order valence-electron chi connectivity index (χ0n) is 9.65. The average molecular weight is 302 g/mol. The largest absolute Gasteiger partial charge is 0.356 e. The molecular weight excluding hydrogens is 286 g/mol. The van der Waals surface area contributed by atoms with Gasteiger partial charge in [-0.2, -0.15) is 0 Å². The number of benzene rings is 1. The van der Waals surface area contributed by atoms with Gasteiger partial charge in [0.1, 0.15) is 0 Å². The van der Waals surface area contributed by atoms with Gasteiger partial charge in [-0.15, -0.1) is 0 Å². The molecule has 0 heterocycles. The fourth-order valence-electron chi connectivity index (χ4n) is 1.38. The van der Waals surface area contributed by atoms with Gasteiger partial charge in [-0.05, 0) is 24.7 Å². The summed E-state index contributed by atoms with van der Waals surface area (Å²) in [4.78, 5) is 17.5. The molecule has 0 fully saturated rings. The molecule has 1 rings (SSSR count). The van der Waals surface area contributed by atoms with Crippen LogP contribution in [0.5, 0.6) is 0 Å². The molecule has 0 saturated carbocycles. The van der Waals surface area contributed by atoms with Crippen LogP contribution in [0, 0.1) is 0 Å². The third-order valence-electron chi connectivity index (χ3n) is 2.24. The van der Waals surface area contributed by atoms with Crippen LogP contribution in [0.3, 0.4) is 0 Å². The number of carbonyl (C=O) groups excluding carboxylic acids is 1. The number of hydrogen-bond acceptors (Lipinski definition) is 5. The first-order chi connectivity index (χ1) is 8.11. The first kappa shape index (κ1) is 14.1. The summed E-state index contributed by atoms with van der Waals surface area (Å²) in [6.45, 7) is 1.41. The van der Waals surface area contributed by atoms with Crippen molar-refractivity contribution < 1.29 is 9.63 Å². The van der Waals surface area contributed by atoms with Crippen molar-refractivity contribution in [2.24, 2.45) is 5.84 Å². The molecule has 0 radical (unpaired) electrons. The molecule has 0 bridgehead atoms. The smallest absolute Gasteiger partial charge is 0.327 e. The van der Waals surface area contributed by atoms with E-state index in [0.29, 0.717) is 13.0 Å². The standard InChI is InChI=1S/C11H16BrN3O2/c1-15(7-6-11(16)17-14-13)8-9-2-4-10(12)5-3-9/h2-5,14H,6-8,13H2,1H3. The molecule has 5 nitrogen and oxygen atoms in total. The zero-order valence-corrected chi connectivity index (χ0v) is 11.2. The number of rotatable bonds is 6. The van der Waals surface area contributed by atoms with Gasteiger partial charge in [0.2, 0.25) is 0 Å². The van der Waals surface area contributed by atoms with E-state index in [-0.39, 0.29) is 5.97 Å². The lowest BCUT2D eigenvalue weighted by molar-refractivity contribution is -0.151. The highest BCUT2D eigenvalue weighted by Gasteiger charge is 2.06. The van der Waals surface area contributed by atoms with Gasteiger partial charge in [-0.3, -0.25) is 4.79 Å². The first-order valence-electron chi connectivity index (χ1n) is 5.20. The van der Waals surface area contributed by atoms with E-state index in [0.717, 1.165) is 11.0 Å². The van der Waals surface area contributed by atoms with Crippen molar-refractivity contribution >= 4 is 21.9 Å². The molecule has 0 amide bonds. The van der Waals surface area contributed by atoms with Crippen molar-refractivity contribution in [3.8, 4) is 0 Å². The van der Waals surface area contributed by atoms with Gasteiger partial charge in [-0.1, -0.05) is 33.7 Å². The Labute approximate surface area is 109 Å². The van der Waals surface area contributed by atoms with E-state index < -0.39 is 0 Å². The highest BCUT2D eigenvalue weighted by molar-refractivity contribution is 9.10. The Morgan fingerprint density at radius 3 is 2.71 bits per heavy atom. The van der Waals surface area contributed by atoms with Crippen LogP contribution in [-0.4, -0.2) is 24.5 Å². The van der Waals surface area contributed by atoms with Crippen LogP contribution >= 0.6 is 15.9 Å². The molecule has 0 aliphatic rings. The third kappa shape index (κ3) is 5.78. The van der Waals surface area contributed by atoms with Gasteiger partial charge in [0.05, 0.1) is 6.42 Å². The minimum Gasteiger partial charge on any atom is -0.356 e. The van der Waals surface area contributed by atoms with Crippen molar-refractivity contribution in [2.45, 2.75) is 13.0 Å². The van der Waals surface area contributed by atoms with Gasteiger partial charge in [0.15, 0.2) is 0 Å². The fraction of sp³-hybridized carbons (Fsp3) is 0.364. The second-order valence-corrected chi connectivity index (χ2v) is 4.62. The number of halogens is 1. The molecule has 94 valence electrons. The van der Waals surface area contributed by atoms with E-state index in [1.807, 2.05) is 41.8 Å². The highest BCUT2D eigenvalue weighted by Crippen LogP contribution is 2.11. The monoisotopic (exact) mass is 301 g/mol. The number of nitrogens with zero attached hydrogens (tertiary/aromatic N) is 1. The zero-order chi connectivity index (χ0) is 12.7. The summed E-state index contributed by atoms with van der Waals surface area (Å²) in [6.07, 6.45) is 0.303. The summed E-state index contributed by atoms with van der Waals surface area (Å²) in [6, 6.07) is 8.08. The molecular formula is C11H16BrN3O2. The van der Waals surface area contributed by atoms with Gasteiger partial charge in [0, 0.05) is 17.6 Å². The number of hydrogen-bond donors (Lipinski definition) is 2. The summed E-state index contributed by atoms with van der Waals surface area (Å²) in [7, 11) is 1.95. The summed E-state index contributed by atoms with van der Waals surface area (Å²) >= 11 is 3.39. The Balaban J connectivity index is 2.31. The average Bonchev–Trinajstić information content (AvgIpc) is 2.30. The van der Waals surface area contributed by atoms with E-state index >= 15 is 0 Å². The van der Waals surface area contributed by atoms with Crippen LogP contribution < -0.4 is 11.4 Å². The highest BCUT2D eigenvalue weighted by atomic mass is 79.9. The van der Waals surface area contributed by atoms with Crippen LogP contribution in [0.1, 0.15) is 12.0 Å². The predicted molar refractivity (Wildman–Crippen MR) is 68.5 cm³/mol. The molecule has 6 heteroatoms. The lowest BCUT2D eigenvalue weighted by Gasteiger charge is -2.15. The normalized spacial score (nSPS) is 10.6. The minimum absolute atomic E-state index is 0.303. The molecule has 0 atom stereocenters. The Hall–Kier alpha value is -0.950. The van der Waals surface area contributed by atoms with E-state index in [9.17, 15) is 4.79 Å². The van der Waals surface area contributed by atoms with E-state index in [2.05, 4.69) is 20.8 Å². The summed E-state index contributed by atoms with van der Waals surface area (Å²) in [5, 5.41) is 0. The SMILES string of the molecule is CN(CCC(=O)ONN)Cc1ccc(Br)cc1. The van der Waals surface area contributed by atoms with Crippen LogP contribution in [0.25, 0.3) is 0 Å². The second kappa shape index (κ2) is 7.39. The lowest BCUT2D eigenvalue weighted by atomic mass is 10.2. The van der Waals surface area contributed by atoms with Gasteiger partial charge >= 0.3 is 5.97 Å². The van der Waals surface area contributed by atoms with Crippen molar-refractivity contribution in [1.29, 1.82) is 0 Å². The second-order valence-electron chi connectivity index (χ2n) is 3.71. The molecule has 17 heavy (non-hydrogen) atoms. The topological polar surface area (TPSA) is 67.6 Å². The molecule has 0 aliphatic heterocycles. The molecule has 0 aliphatic carbocycles. The minimum atomic E-state index is -0.366. The Morgan fingerprint density at radius 1 is 1.47 bits per heavy atom. The maximum Gasteiger partial charge on any atom is 0.327 e. The number of nitrogens with one attached hydrogen (secondary N) is 1. The number of hydrazine groups is 1. The van der Waals surface area contributed by atoms with Gasteiger partial charge in [0.25, 0.3) is 0 Å². The summed E-state index contributed by atoms with van der Waals surface area (Å²) in [5.74, 6) is 4.50. The molecule has 0 unspecified atom stereocenters. The Morgan fingerprint density at radius 2 is 2.12 bits per heavy atom. The van der Waals surface area contributed by atoms with Crippen molar-refractivity contribution in [1.82, 2.24) is 10.5 Å². The lowest BCUT2D eigenvalue weighted by Crippen LogP contribution is -2.29. The van der Waals surface area contributed by atoms with Crippen LogP contribution in [0.4, 0.5) is 0 Å². The van der Waals surface area contributed by atoms with E-state index in [1.165, 1.54) is 5.56 Å². The number of carbonyl (C=O) groups is 1. The maximum absolute atomic E-state index is 11.0. The molecule has 3 N–H and O–H groups in total. The molecule has 0 saturated heterocycles. The Bertz CT molecular complexity index is 356.